The van der Waals surface area contributed by atoms with Gasteiger partial charge in [0.2, 0.25) is 0 Å². The van der Waals surface area contributed by atoms with Gasteiger partial charge in [-0.1, -0.05) is 0 Å². The first-order valence-corrected chi connectivity index (χ1v) is 5.66. The zero-order chi connectivity index (χ0) is 11.5. The summed E-state index contributed by atoms with van der Waals surface area (Å²) in [4.78, 5) is 13.1. The molecular formula is C13H17NO2. The minimum atomic E-state index is 0.576. The number of rotatable bonds is 3. The number of carbonyl (C=O) groups is 1. The Kier molecular flexibility index (Phi) is 3.13. The number of carbonyl (C=O) groups excluding carboxylic acids is 1. The lowest BCUT2D eigenvalue weighted by Crippen LogP contribution is -2.26. The number of hydrogen-bond acceptors (Lipinski definition) is 3. The van der Waals surface area contributed by atoms with Crippen molar-refractivity contribution >= 4 is 12.0 Å². The second kappa shape index (κ2) is 4.56. The van der Waals surface area contributed by atoms with Crippen LogP contribution < -0.4 is 9.64 Å². The number of aldehydes is 1. The van der Waals surface area contributed by atoms with Crippen LogP contribution in [0.2, 0.25) is 0 Å². The Morgan fingerprint density at radius 2 is 2.31 bits per heavy atom. The van der Waals surface area contributed by atoms with Crippen molar-refractivity contribution in [1.82, 2.24) is 0 Å². The van der Waals surface area contributed by atoms with Crippen molar-refractivity contribution < 1.29 is 9.53 Å². The van der Waals surface area contributed by atoms with Gasteiger partial charge in [0.1, 0.15) is 5.75 Å². The van der Waals surface area contributed by atoms with Crippen LogP contribution in [0.1, 0.15) is 30.1 Å². The first-order valence-electron chi connectivity index (χ1n) is 5.66. The SMILES string of the molecule is COc1cc(N2CCCC2C)ccc1C=O. The van der Waals surface area contributed by atoms with Crippen molar-refractivity contribution in [1.29, 1.82) is 0 Å². The fourth-order valence-electron chi connectivity index (χ4n) is 2.29. The predicted octanol–water partition coefficient (Wildman–Crippen LogP) is 2.50. The van der Waals surface area contributed by atoms with Crippen molar-refractivity contribution in [3.8, 4) is 5.75 Å². The first kappa shape index (κ1) is 11.0. The molecule has 1 saturated heterocycles. The van der Waals surface area contributed by atoms with E-state index in [0.717, 1.165) is 18.5 Å². The quantitative estimate of drug-likeness (QED) is 0.731. The number of methoxy groups -OCH3 is 1. The molecule has 1 heterocycles. The van der Waals surface area contributed by atoms with E-state index in [-0.39, 0.29) is 0 Å². The highest BCUT2D eigenvalue weighted by Crippen LogP contribution is 2.29. The number of benzene rings is 1. The van der Waals surface area contributed by atoms with E-state index in [0.29, 0.717) is 17.4 Å². The Morgan fingerprint density at radius 3 is 2.88 bits per heavy atom. The summed E-state index contributed by atoms with van der Waals surface area (Å²) in [5.41, 5.74) is 1.76. The molecule has 1 aliphatic heterocycles. The van der Waals surface area contributed by atoms with Crippen molar-refractivity contribution in [2.24, 2.45) is 0 Å². The zero-order valence-electron chi connectivity index (χ0n) is 9.77. The third-order valence-electron chi connectivity index (χ3n) is 3.23. The number of anilines is 1. The lowest BCUT2D eigenvalue weighted by Gasteiger charge is -2.24. The first-order chi connectivity index (χ1) is 7.76. The molecule has 1 unspecified atom stereocenters. The van der Waals surface area contributed by atoms with Gasteiger partial charge in [0, 0.05) is 24.3 Å². The lowest BCUT2D eigenvalue weighted by atomic mass is 10.1. The van der Waals surface area contributed by atoms with Crippen molar-refractivity contribution in [3.05, 3.63) is 23.8 Å². The van der Waals surface area contributed by atoms with E-state index in [1.807, 2.05) is 18.2 Å². The van der Waals surface area contributed by atoms with Gasteiger partial charge in [-0.2, -0.15) is 0 Å². The summed E-state index contributed by atoms with van der Waals surface area (Å²) < 4.78 is 5.21. The molecule has 86 valence electrons. The van der Waals surface area contributed by atoms with Crippen LogP contribution in [-0.4, -0.2) is 26.0 Å². The van der Waals surface area contributed by atoms with Crippen LogP contribution in [0.3, 0.4) is 0 Å². The van der Waals surface area contributed by atoms with Crippen molar-refractivity contribution in [3.63, 3.8) is 0 Å². The van der Waals surface area contributed by atoms with Crippen molar-refractivity contribution in [2.75, 3.05) is 18.6 Å². The van der Waals surface area contributed by atoms with Gasteiger partial charge in [0.05, 0.1) is 12.7 Å². The molecule has 0 saturated carbocycles. The van der Waals surface area contributed by atoms with E-state index >= 15 is 0 Å². The van der Waals surface area contributed by atoms with Crippen molar-refractivity contribution in [2.45, 2.75) is 25.8 Å². The molecule has 2 rings (SSSR count). The number of hydrogen-bond donors (Lipinski definition) is 0. The van der Waals surface area contributed by atoms with Gasteiger partial charge in [0.15, 0.2) is 6.29 Å². The Balaban J connectivity index is 2.31. The normalized spacial score (nSPS) is 19.9. The molecule has 1 aromatic rings. The van der Waals surface area contributed by atoms with Crippen LogP contribution in [0, 0.1) is 0 Å². The van der Waals surface area contributed by atoms with Gasteiger partial charge in [-0.05, 0) is 31.9 Å². The van der Waals surface area contributed by atoms with Gasteiger partial charge in [-0.3, -0.25) is 4.79 Å². The van der Waals surface area contributed by atoms with E-state index in [9.17, 15) is 4.79 Å². The van der Waals surface area contributed by atoms with Crippen LogP contribution in [0.5, 0.6) is 5.75 Å². The molecule has 1 atom stereocenters. The minimum absolute atomic E-state index is 0.576. The van der Waals surface area contributed by atoms with Crippen LogP contribution >= 0.6 is 0 Å². The second-order valence-electron chi connectivity index (χ2n) is 4.23. The van der Waals surface area contributed by atoms with Crippen LogP contribution in [0.15, 0.2) is 18.2 Å². The molecule has 1 aliphatic rings. The van der Waals surface area contributed by atoms with Crippen LogP contribution in [0.25, 0.3) is 0 Å². The van der Waals surface area contributed by atoms with Crippen LogP contribution in [0.4, 0.5) is 5.69 Å². The Morgan fingerprint density at radius 1 is 1.50 bits per heavy atom. The topological polar surface area (TPSA) is 29.5 Å². The fraction of sp³-hybridized carbons (Fsp3) is 0.462. The third-order valence-corrected chi connectivity index (χ3v) is 3.23. The second-order valence-corrected chi connectivity index (χ2v) is 4.23. The summed E-state index contributed by atoms with van der Waals surface area (Å²) in [6.45, 7) is 3.32. The maximum absolute atomic E-state index is 10.8. The molecular weight excluding hydrogens is 202 g/mol. The molecule has 0 spiro atoms. The standard InChI is InChI=1S/C13H17NO2/c1-10-4-3-7-14(10)12-6-5-11(9-15)13(8-12)16-2/h5-6,8-10H,3-4,7H2,1-2H3. The predicted molar refractivity (Wildman–Crippen MR) is 64.4 cm³/mol. The average molecular weight is 219 g/mol. The largest absolute Gasteiger partial charge is 0.496 e. The molecule has 0 radical (unpaired) electrons. The minimum Gasteiger partial charge on any atom is -0.496 e. The summed E-state index contributed by atoms with van der Waals surface area (Å²) in [5.74, 6) is 0.659. The Bertz CT molecular complexity index is 390. The molecule has 0 aliphatic carbocycles. The van der Waals surface area contributed by atoms with E-state index < -0.39 is 0 Å². The molecule has 16 heavy (non-hydrogen) atoms. The molecule has 0 aromatic heterocycles. The maximum Gasteiger partial charge on any atom is 0.153 e. The molecule has 1 aromatic carbocycles. The van der Waals surface area contributed by atoms with Gasteiger partial charge in [0.25, 0.3) is 0 Å². The Labute approximate surface area is 96.0 Å². The summed E-state index contributed by atoms with van der Waals surface area (Å²) in [5, 5.41) is 0. The van der Waals surface area contributed by atoms with E-state index in [4.69, 9.17) is 4.74 Å². The summed E-state index contributed by atoms with van der Waals surface area (Å²) in [7, 11) is 1.60. The number of ether oxygens (including phenoxy) is 1. The molecule has 0 amide bonds. The number of nitrogens with zero attached hydrogens (tertiary/aromatic N) is 1. The summed E-state index contributed by atoms with van der Waals surface area (Å²) >= 11 is 0. The zero-order valence-corrected chi connectivity index (χ0v) is 9.77. The van der Waals surface area contributed by atoms with Gasteiger partial charge >= 0.3 is 0 Å². The molecule has 0 N–H and O–H groups in total. The highest BCUT2D eigenvalue weighted by molar-refractivity contribution is 5.80. The lowest BCUT2D eigenvalue weighted by molar-refractivity contribution is 0.112. The third kappa shape index (κ3) is 1.90. The van der Waals surface area contributed by atoms with E-state index in [1.54, 1.807) is 7.11 Å². The maximum atomic E-state index is 10.8. The summed E-state index contributed by atoms with van der Waals surface area (Å²) in [6.07, 6.45) is 3.30. The van der Waals surface area contributed by atoms with Crippen LogP contribution in [-0.2, 0) is 0 Å². The molecule has 1 fully saturated rings. The highest BCUT2D eigenvalue weighted by atomic mass is 16.5. The molecule has 0 bridgehead atoms. The average Bonchev–Trinajstić information content (AvgIpc) is 2.74. The molecule has 3 nitrogen and oxygen atoms in total. The highest BCUT2D eigenvalue weighted by Gasteiger charge is 2.21. The molecule has 3 heteroatoms. The van der Waals surface area contributed by atoms with Gasteiger partial charge in [-0.25, -0.2) is 0 Å². The Hall–Kier alpha value is -1.51. The summed E-state index contributed by atoms with van der Waals surface area (Å²) in [6, 6.07) is 6.35. The van der Waals surface area contributed by atoms with Gasteiger partial charge < -0.3 is 9.64 Å². The van der Waals surface area contributed by atoms with E-state index in [1.165, 1.54) is 12.8 Å². The van der Waals surface area contributed by atoms with E-state index in [2.05, 4.69) is 11.8 Å². The fourth-order valence-corrected chi connectivity index (χ4v) is 2.29. The smallest absolute Gasteiger partial charge is 0.153 e. The monoisotopic (exact) mass is 219 g/mol. The van der Waals surface area contributed by atoms with Gasteiger partial charge in [-0.15, -0.1) is 0 Å².